The maximum atomic E-state index is 0. The van der Waals surface area contributed by atoms with Crippen LogP contribution in [-0.2, 0) is 19.5 Å². The first-order valence-electron chi connectivity index (χ1n) is 0. The van der Waals surface area contributed by atoms with Crippen LogP contribution < -0.4 is 51.4 Å². The van der Waals surface area contributed by atoms with E-state index in [-0.39, 0.29) is 93.1 Å². The molecular formula is H2BClKZn. The smallest absolute Gasteiger partial charge is 1.00 e. The minimum absolute atomic E-state index is 0. The Labute approximate surface area is 91.1 Å². The van der Waals surface area contributed by atoms with E-state index in [4.69, 9.17) is 0 Å². The van der Waals surface area contributed by atoms with Crippen LogP contribution in [0.1, 0.15) is 1.43 Å². The van der Waals surface area contributed by atoms with Crippen molar-refractivity contribution in [2.45, 2.75) is 0 Å². The van der Waals surface area contributed by atoms with Gasteiger partial charge in [-0.3, -0.25) is 0 Å². The van der Waals surface area contributed by atoms with Gasteiger partial charge in [-0.15, -0.1) is 12.4 Å². The molecule has 0 saturated heterocycles. The molecule has 4 heavy (non-hydrogen) atoms. The SMILES string of the molecule is Cl.[B].[H-].[K+].[Zn]. The van der Waals surface area contributed by atoms with Gasteiger partial charge >= 0.3 is 51.4 Å². The molecule has 0 aromatic rings. The summed E-state index contributed by atoms with van der Waals surface area (Å²) in [6, 6.07) is 0. The Morgan fingerprint density at radius 2 is 1.25 bits per heavy atom. The molecule has 0 heterocycles. The average Bonchev–Trinajstić information content (AvgIpc) is 0. The average molecular weight is 153 g/mol. The van der Waals surface area contributed by atoms with Gasteiger partial charge in [-0.1, -0.05) is 0 Å². The third-order valence-corrected chi connectivity index (χ3v) is 0. The minimum atomic E-state index is 0. The van der Waals surface area contributed by atoms with Crippen molar-refractivity contribution < 1.29 is 72.3 Å². The van der Waals surface area contributed by atoms with Crippen molar-refractivity contribution in [2.24, 2.45) is 0 Å². The predicted octanol–water partition coefficient (Wildman–Crippen LogP) is -2.85. The molecule has 0 spiro atoms. The van der Waals surface area contributed by atoms with Gasteiger partial charge in [-0.2, -0.15) is 0 Å². The Morgan fingerprint density at radius 1 is 1.25 bits per heavy atom. The van der Waals surface area contributed by atoms with E-state index in [1.807, 2.05) is 0 Å². The van der Waals surface area contributed by atoms with E-state index in [0.717, 1.165) is 0 Å². The van der Waals surface area contributed by atoms with Crippen molar-refractivity contribution in [3.63, 3.8) is 0 Å². The van der Waals surface area contributed by atoms with Crippen LogP contribution in [0, 0.1) is 0 Å². The second-order valence-electron chi connectivity index (χ2n) is 0. The largest absolute Gasteiger partial charge is 1.00 e. The van der Waals surface area contributed by atoms with Gasteiger partial charge in [0.1, 0.15) is 0 Å². The summed E-state index contributed by atoms with van der Waals surface area (Å²) < 4.78 is 0. The summed E-state index contributed by atoms with van der Waals surface area (Å²) in [4.78, 5) is 0. The van der Waals surface area contributed by atoms with Gasteiger partial charge in [0, 0.05) is 27.9 Å². The zero-order valence-electron chi connectivity index (χ0n) is 3.69. The fourth-order valence-corrected chi connectivity index (χ4v) is 0. The second-order valence-corrected chi connectivity index (χ2v) is 0. The van der Waals surface area contributed by atoms with Gasteiger partial charge in [-0.05, 0) is 0 Å². The molecule has 3 radical (unpaired) electrons. The summed E-state index contributed by atoms with van der Waals surface area (Å²) in [5.41, 5.74) is 0. The third kappa shape index (κ3) is 8.82. The monoisotopic (exact) mass is 151 g/mol. The van der Waals surface area contributed by atoms with Crippen LogP contribution in [-0.4, -0.2) is 8.41 Å². The van der Waals surface area contributed by atoms with Gasteiger partial charge < -0.3 is 1.43 Å². The molecule has 0 saturated carbocycles. The van der Waals surface area contributed by atoms with E-state index in [1.165, 1.54) is 0 Å². The van der Waals surface area contributed by atoms with Crippen molar-refractivity contribution in [2.75, 3.05) is 0 Å². The second kappa shape index (κ2) is 17.5. The molecule has 0 aromatic heterocycles. The Kier molecular flexibility index (Phi) is 133. The number of halogens is 1. The molecule has 0 bridgehead atoms. The van der Waals surface area contributed by atoms with Crippen LogP contribution in [0.3, 0.4) is 0 Å². The molecule has 4 heteroatoms. The van der Waals surface area contributed by atoms with E-state index in [0.29, 0.717) is 0 Å². The van der Waals surface area contributed by atoms with E-state index in [1.54, 1.807) is 0 Å². The number of rotatable bonds is 0. The normalized spacial score (nSPS) is 0. The molecule has 0 rings (SSSR count). The first-order valence-corrected chi connectivity index (χ1v) is 0. The maximum absolute atomic E-state index is 0. The first kappa shape index (κ1) is 30.5. The maximum Gasteiger partial charge on any atom is 1.00 e. The van der Waals surface area contributed by atoms with Crippen LogP contribution in [0.4, 0.5) is 0 Å². The third-order valence-electron chi connectivity index (χ3n) is 0. The fraction of sp³-hybridized carbons (Fsp3) is 0. The molecule has 0 aliphatic heterocycles. The molecule has 0 aromatic carbocycles. The summed E-state index contributed by atoms with van der Waals surface area (Å²) in [6.07, 6.45) is 0. The Balaban J connectivity index is 0. The van der Waals surface area contributed by atoms with Crippen molar-refractivity contribution in [3.8, 4) is 0 Å². The minimum Gasteiger partial charge on any atom is -1.00 e. The molecule has 0 aliphatic rings. The van der Waals surface area contributed by atoms with E-state index in [2.05, 4.69) is 0 Å². The summed E-state index contributed by atoms with van der Waals surface area (Å²) >= 11 is 0. The quantitative estimate of drug-likeness (QED) is 0.328. The van der Waals surface area contributed by atoms with Crippen molar-refractivity contribution in [1.82, 2.24) is 0 Å². The van der Waals surface area contributed by atoms with Gasteiger partial charge in [0.2, 0.25) is 0 Å². The van der Waals surface area contributed by atoms with E-state index < -0.39 is 0 Å². The van der Waals surface area contributed by atoms with Gasteiger partial charge in [-0.25, -0.2) is 0 Å². The van der Waals surface area contributed by atoms with Crippen molar-refractivity contribution in [3.05, 3.63) is 0 Å². The Bertz CT molecular complexity index is 11.6. The molecule has 0 nitrogen and oxygen atoms in total. The van der Waals surface area contributed by atoms with Gasteiger partial charge in [0.05, 0.1) is 0 Å². The molecule has 0 unspecified atom stereocenters. The van der Waals surface area contributed by atoms with Crippen LogP contribution in [0.25, 0.3) is 0 Å². The van der Waals surface area contributed by atoms with Crippen molar-refractivity contribution in [1.29, 1.82) is 0 Å². The molecule has 0 fully saturated rings. The number of hydrogen-bond donors (Lipinski definition) is 0. The zero-order chi connectivity index (χ0) is 0. The summed E-state index contributed by atoms with van der Waals surface area (Å²) in [7, 11) is 0. The van der Waals surface area contributed by atoms with Crippen LogP contribution in [0.2, 0.25) is 0 Å². The van der Waals surface area contributed by atoms with Crippen LogP contribution in [0.5, 0.6) is 0 Å². The standard InChI is InChI=1S/B.ClH.K.Zn.H/h;1H;;;/q;;+1;;-1. The molecule has 15 valence electrons. The molecule has 0 amide bonds. The topological polar surface area (TPSA) is 0 Å². The van der Waals surface area contributed by atoms with E-state index in [9.17, 15) is 0 Å². The zero-order valence-corrected chi connectivity index (χ0v) is 9.60. The molecular weight excluding hydrogens is 151 g/mol. The van der Waals surface area contributed by atoms with Gasteiger partial charge in [0.15, 0.2) is 0 Å². The van der Waals surface area contributed by atoms with Crippen LogP contribution in [0.15, 0.2) is 0 Å². The fourth-order valence-electron chi connectivity index (χ4n) is 0. The molecule has 0 N–H and O–H groups in total. The Hall–Kier alpha value is 2.61. The molecule has 0 aliphatic carbocycles. The summed E-state index contributed by atoms with van der Waals surface area (Å²) in [5, 5.41) is 0. The predicted molar refractivity (Wildman–Crippen MR) is 14.1 cm³/mol. The molecule has 0 atom stereocenters. The first-order chi connectivity index (χ1) is 0. The number of hydrogen-bond acceptors (Lipinski definition) is 0. The van der Waals surface area contributed by atoms with Crippen LogP contribution >= 0.6 is 12.4 Å². The Morgan fingerprint density at radius 3 is 1.25 bits per heavy atom. The summed E-state index contributed by atoms with van der Waals surface area (Å²) in [5.74, 6) is 0. The van der Waals surface area contributed by atoms with E-state index >= 15 is 0 Å². The summed E-state index contributed by atoms with van der Waals surface area (Å²) in [6.45, 7) is 0. The van der Waals surface area contributed by atoms with Gasteiger partial charge in [0.25, 0.3) is 0 Å². The van der Waals surface area contributed by atoms with Crippen molar-refractivity contribution >= 4 is 20.8 Å².